The lowest BCUT2D eigenvalue weighted by Gasteiger charge is -2.39. The highest BCUT2D eigenvalue weighted by Gasteiger charge is 2.41. The summed E-state index contributed by atoms with van der Waals surface area (Å²) in [7, 11) is 1.86. The Morgan fingerprint density at radius 2 is 2.02 bits per heavy atom. The lowest BCUT2D eigenvalue weighted by molar-refractivity contribution is -0.138. The van der Waals surface area contributed by atoms with Crippen LogP contribution in [0, 0.1) is 0 Å². The fourth-order valence-corrected chi connectivity index (χ4v) is 6.07. The Morgan fingerprint density at radius 3 is 2.68 bits per heavy atom. The second-order valence-corrected chi connectivity index (χ2v) is 11.6. The van der Waals surface area contributed by atoms with Gasteiger partial charge in [-0.1, -0.05) is 12.1 Å². The first-order valence-corrected chi connectivity index (χ1v) is 14.0. The number of carbonyl (C=O) groups excluding carboxylic acids is 1. The standard InChI is InChI=1S/C30H34F3N5O3/c1-29(7-4-8-29)34-15-19-11-24-25(26(12-19)30(31,32)33)16-38(28(24)39)21-6-3-5-20(13-21)23(27-36-35-18-37(27)2)14-22-17-40-9-10-41-22/h3,5-6,11-13,18,22-23,34H,4,7-10,14-17H2,1-2H3/t22-,23+/m1/s1. The van der Waals surface area contributed by atoms with E-state index < -0.39 is 17.6 Å². The van der Waals surface area contributed by atoms with Crippen LogP contribution in [0.25, 0.3) is 0 Å². The Bertz CT molecular complexity index is 1430. The number of amides is 1. The van der Waals surface area contributed by atoms with Crippen LogP contribution >= 0.6 is 0 Å². The highest BCUT2D eigenvalue weighted by atomic mass is 19.4. The third kappa shape index (κ3) is 5.62. The molecule has 1 N–H and O–H groups in total. The number of rotatable bonds is 8. The van der Waals surface area contributed by atoms with E-state index in [9.17, 15) is 18.0 Å². The second kappa shape index (κ2) is 10.8. The molecule has 2 atom stereocenters. The number of aryl methyl sites for hydroxylation is 1. The molecule has 3 aromatic rings. The molecule has 2 aromatic carbocycles. The summed E-state index contributed by atoms with van der Waals surface area (Å²) in [5.41, 5.74) is 1.18. The Kier molecular flexibility index (Phi) is 7.37. The molecule has 6 rings (SSSR count). The molecule has 8 nitrogen and oxygen atoms in total. The lowest BCUT2D eigenvalue weighted by atomic mass is 9.78. The molecule has 0 radical (unpaired) electrons. The summed E-state index contributed by atoms with van der Waals surface area (Å²) < 4.78 is 56.0. The van der Waals surface area contributed by atoms with Crippen LogP contribution in [0.1, 0.15) is 77.0 Å². The van der Waals surface area contributed by atoms with Crippen molar-refractivity contribution in [1.29, 1.82) is 0 Å². The van der Waals surface area contributed by atoms with Crippen LogP contribution in [0.15, 0.2) is 42.7 Å². The van der Waals surface area contributed by atoms with E-state index in [1.807, 2.05) is 29.8 Å². The highest BCUT2D eigenvalue weighted by molar-refractivity contribution is 6.10. The van der Waals surface area contributed by atoms with Gasteiger partial charge >= 0.3 is 6.18 Å². The molecule has 3 heterocycles. The fraction of sp³-hybridized carbons (Fsp3) is 0.500. The van der Waals surface area contributed by atoms with Crippen molar-refractivity contribution >= 4 is 11.6 Å². The number of nitrogens with zero attached hydrogens (tertiary/aromatic N) is 4. The van der Waals surface area contributed by atoms with E-state index in [-0.39, 0.29) is 41.8 Å². The van der Waals surface area contributed by atoms with Gasteiger partial charge in [-0.2, -0.15) is 13.2 Å². The van der Waals surface area contributed by atoms with Gasteiger partial charge in [-0.15, -0.1) is 10.2 Å². The normalized spacial score (nSPS) is 21.0. The van der Waals surface area contributed by atoms with E-state index in [0.717, 1.165) is 30.7 Å². The van der Waals surface area contributed by atoms with E-state index in [4.69, 9.17) is 9.47 Å². The largest absolute Gasteiger partial charge is 0.416 e. The number of benzene rings is 2. The summed E-state index contributed by atoms with van der Waals surface area (Å²) in [6, 6.07) is 10.2. The van der Waals surface area contributed by atoms with Gasteiger partial charge in [-0.25, -0.2) is 0 Å². The van der Waals surface area contributed by atoms with Crippen molar-refractivity contribution in [2.75, 3.05) is 24.7 Å². The average molecular weight is 570 g/mol. The molecule has 0 unspecified atom stereocenters. The minimum Gasteiger partial charge on any atom is -0.376 e. The quantitative estimate of drug-likeness (QED) is 0.413. The average Bonchev–Trinajstić information content (AvgIpc) is 3.51. The first kappa shape index (κ1) is 27.9. The molecule has 11 heteroatoms. The summed E-state index contributed by atoms with van der Waals surface area (Å²) in [5.74, 6) is 0.0770. The first-order valence-electron chi connectivity index (χ1n) is 14.0. The van der Waals surface area contributed by atoms with Crippen molar-refractivity contribution in [3.8, 4) is 0 Å². The van der Waals surface area contributed by atoms with Crippen molar-refractivity contribution < 1.29 is 27.4 Å². The molecular weight excluding hydrogens is 535 g/mol. The summed E-state index contributed by atoms with van der Waals surface area (Å²) in [5, 5.41) is 11.8. The number of hydrogen-bond donors (Lipinski definition) is 1. The third-order valence-electron chi connectivity index (χ3n) is 8.61. The Morgan fingerprint density at radius 1 is 1.20 bits per heavy atom. The summed E-state index contributed by atoms with van der Waals surface area (Å²) in [4.78, 5) is 15.1. The topological polar surface area (TPSA) is 81.5 Å². The Labute approximate surface area is 236 Å². The third-order valence-corrected chi connectivity index (χ3v) is 8.61. The van der Waals surface area contributed by atoms with Gasteiger partial charge in [-0.05, 0) is 73.6 Å². The summed E-state index contributed by atoms with van der Waals surface area (Å²) in [6.45, 7) is 3.74. The van der Waals surface area contributed by atoms with Crippen LogP contribution < -0.4 is 10.2 Å². The van der Waals surface area contributed by atoms with Gasteiger partial charge < -0.3 is 24.3 Å². The number of nitrogens with one attached hydrogen (secondary N) is 1. The summed E-state index contributed by atoms with van der Waals surface area (Å²) in [6.07, 6.45) is 0.573. The van der Waals surface area contributed by atoms with Gasteiger partial charge in [0.05, 0.1) is 38.0 Å². The molecule has 0 bridgehead atoms. The Hall–Kier alpha value is -3.28. The predicted molar refractivity (Wildman–Crippen MR) is 146 cm³/mol. The highest BCUT2D eigenvalue weighted by Crippen LogP contribution is 2.41. The summed E-state index contributed by atoms with van der Waals surface area (Å²) >= 11 is 0. The molecule has 1 saturated carbocycles. The molecule has 2 aliphatic heterocycles. The second-order valence-electron chi connectivity index (χ2n) is 11.6. The number of halogens is 3. The van der Waals surface area contributed by atoms with Crippen LogP contribution in [0.3, 0.4) is 0 Å². The molecule has 2 fully saturated rings. The number of hydrogen-bond acceptors (Lipinski definition) is 6. The molecule has 1 saturated heterocycles. The van der Waals surface area contributed by atoms with E-state index in [0.29, 0.717) is 37.5 Å². The van der Waals surface area contributed by atoms with Crippen LogP contribution in [0.2, 0.25) is 0 Å². The van der Waals surface area contributed by atoms with Crippen molar-refractivity contribution in [1.82, 2.24) is 20.1 Å². The number of fused-ring (bicyclic) bond motifs is 1. The smallest absolute Gasteiger partial charge is 0.376 e. The van der Waals surface area contributed by atoms with Gasteiger partial charge in [0.25, 0.3) is 5.91 Å². The zero-order valence-electron chi connectivity index (χ0n) is 23.2. The van der Waals surface area contributed by atoms with Crippen molar-refractivity contribution in [2.24, 2.45) is 7.05 Å². The number of aromatic nitrogens is 3. The monoisotopic (exact) mass is 569 g/mol. The van der Waals surface area contributed by atoms with Crippen molar-refractivity contribution in [3.63, 3.8) is 0 Å². The van der Waals surface area contributed by atoms with E-state index in [2.05, 4.69) is 22.4 Å². The fourth-order valence-electron chi connectivity index (χ4n) is 6.07. The van der Waals surface area contributed by atoms with Gasteiger partial charge in [0.2, 0.25) is 0 Å². The predicted octanol–water partition coefficient (Wildman–Crippen LogP) is 4.96. The van der Waals surface area contributed by atoms with E-state index in [1.54, 1.807) is 18.5 Å². The zero-order chi connectivity index (χ0) is 28.8. The maximum absolute atomic E-state index is 14.2. The molecule has 41 heavy (non-hydrogen) atoms. The Balaban J connectivity index is 1.31. The van der Waals surface area contributed by atoms with Crippen molar-refractivity contribution in [2.45, 2.75) is 69.4 Å². The number of alkyl halides is 3. The lowest BCUT2D eigenvalue weighted by Crippen LogP contribution is -2.47. The molecule has 3 aliphatic rings. The zero-order valence-corrected chi connectivity index (χ0v) is 23.2. The number of carbonyl (C=O) groups is 1. The van der Waals surface area contributed by atoms with Crippen molar-refractivity contribution in [3.05, 3.63) is 76.4 Å². The van der Waals surface area contributed by atoms with E-state index in [1.165, 1.54) is 11.0 Å². The minimum atomic E-state index is -4.57. The van der Waals surface area contributed by atoms with E-state index >= 15 is 0 Å². The minimum absolute atomic E-state index is 0.0177. The number of anilines is 1. The van der Waals surface area contributed by atoms with Gasteiger partial charge in [0, 0.05) is 36.3 Å². The molecular formula is C30H34F3N5O3. The van der Waals surface area contributed by atoms with Crippen LogP contribution in [-0.4, -0.2) is 52.1 Å². The molecule has 218 valence electrons. The molecule has 1 aromatic heterocycles. The molecule has 1 amide bonds. The van der Waals surface area contributed by atoms with Crippen LogP contribution in [0.5, 0.6) is 0 Å². The van der Waals surface area contributed by atoms with Crippen LogP contribution in [-0.2, 0) is 35.8 Å². The molecule has 0 spiro atoms. The first-order chi connectivity index (χ1) is 19.6. The maximum atomic E-state index is 14.2. The van der Waals surface area contributed by atoms with Crippen LogP contribution in [0.4, 0.5) is 18.9 Å². The van der Waals surface area contributed by atoms with Gasteiger partial charge in [0.15, 0.2) is 0 Å². The van der Waals surface area contributed by atoms with Gasteiger partial charge in [0.1, 0.15) is 12.2 Å². The maximum Gasteiger partial charge on any atom is 0.416 e. The van der Waals surface area contributed by atoms with Gasteiger partial charge in [-0.3, -0.25) is 4.79 Å². The molecule has 1 aliphatic carbocycles. The SMILES string of the molecule is Cn1cnnc1[C@@H](C[C@@H]1COCCO1)c1cccc(N2Cc3c(cc(CNC4(C)CCC4)cc3C(F)(F)F)C2=O)c1. The number of ether oxygens (including phenoxy) is 2.